The van der Waals surface area contributed by atoms with Crippen LogP contribution in [0.25, 0.3) is 16.9 Å². The van der Waals surface area contributed by atoms with E-state index in [0.29, 0.717) is 0 Å². The fourth-order valence-electron chi connectivity index (χ4n) is 21.5. The second kappa shape index (κ2) is 104. The standard InChI is InChI=1S/C108H196N2.2C11H23.Ni/c1-7-13-19-23-27-31-35-39-43-47-51-55-59-63-67-71-75-79-83-87-99-93-100(88-84-80-76-72-68-64-60-56-52-48-44-40-36-32-28-24-20-14-8-2)96-103(95-99)107-105(91-17-11-5)106(92-18-12-6)108(110(107)109)104-97-101(89-85-81-77-73-69-65-61-57-53-49-45-41-37-33-29-25-21-15-9-3)94-102(98-104)90-86-82-78-74-70-66-62-58-54-50-46-42-38-34-30-26-22-16-10-4;2*1-3-5-7-9-11-10-8-6-4-2;/h93-98H,7-92H2,1-6H3;2*1,3-11H2,2H3;. The summed E-state index contributed by atoms with van der Waals surface area (Å²) in [5.74, 6) is 0. The average Bonchev–Trinajstić information content (AvgIpc) is 1.60. The summed E-state index contributed by atoms with van der Waals surface area (Å²) in [6.07, 6.45) is 146. The van der Waals surface area contributed by atoms with Crippen molar-refractivity contribution in [2.75, 3.05) is 0 Å². The SMILES string of the molecule is CCCCCCCCCCCCCCCCCCCCCc1cc(CCCCCCCCCCCCCCCCCCCCC)cc(C2=C(CCCC)C(CCCC)=C(c3cc(CCCCCCCCCCCCCCCCCCCCC)cc(CCCCCCCCCCCCCCCCCCCCC)c3)[N+]2=[N-])c1.CCCCCCCCCC[CH2][Ni][CH2]CCCCCCCCCC. The topological polar surface area (TPSA) is 25.3 Å². The minimum atomic E-state index is 1.04. The zero-order valence-corrected chi connectivity index (χ0v) is 93.6. The summed E-state index contributed by atoms with van der Waals surface area (Å²) in [6.45, 7) is 18.6. The second-order valence-corrected chi connectivity index (χ2v) is 45.3. The molecule has 2 aromatic carbocycles. The van der Waals surface area contributed by atoms with Gasteiger partial charge in [0.05, 0.1) is 0 Å². The van der Waals surface area contributed by atoms with E-state index in [1.807, 2.05) is 14.4 Å². The van der Waals surface area contributed by atoms with Gasteiger partial charge in [-0.1, -0.05) is 529 Å². The minimum absolute atomic E-state index is 1.04. The van der Waals surface area contributed by atoms with Crippen molar-refractivity contribution in [1.82, 2.24) is 0 Å². The van der Waals surface area contributed by atoms with Crippen molar-refractivity contribution < 1.29 is 19.1 Å². The van der Waals surface area contributed by atoms with Crippen molar-refractivity contribution in [2.24, 2.45) is 0 Å². The van der Waals surface area contributed by atoms with Crippen LogP contribution < -0.4 is 0 Å². The fraction of sp³-hybridized carbons (Fsp3) is 0.877. The third-order valence-corrected chi connectivity index (χ3v) is 31.9. The van der Waals surface area contributed by atoms with Gasteiger partial charge in [-0.25, -0.2) is 4.70 Å². The van der Waals surface area contributed by atoms with Gasteiger partial charge in [-0.05, 0) is 124 Å². The van der Waals surface area contributed by atoms with Crippen LogP contribution in [0.1, 0.15) is 731 Å². The second-order valence-electron chi connectivity index (χ2n) is 43.8. The zero-order valence-electron chi connectivity index (χ0n) is 92.6. The fourth-order valence-corrected chi connectivity index (χ4v) is 22.7. The molecule has 0 bridgehead atoms. The molecule has 782 valence electrons. The Bertz CT molecular complexity index is 2440. The predicted octanol–water partition coefficient (Wildman–Crippen LogP) is 48.1. The van der Waals surface area contributed by atoms with E-state index in [-0.39, 0.29) is 0 Å². The summed E-state index contributed by atoms with van der Waals surface area (Å²) in [4.78, 5) is 0. The summed E-state index contributed by atoms with van der Waals surface area (Å²) in [5, 5.41) is 2.86. The van der Waals surface area contributed by atoms with Crippen LogP contribution in [0.4, 0.5) is 0 Å². The van der Waals surface area contributed by atoms with E-state index < -0.39 is 0 Å². The van der Waals surface area contributed by atoms with Gasteiger partial charge in [-0.2, -0.15) is 0 Å². The quantitative estimate of drug-likeness (QED) is 0.0358. The van der Waals surface area contributed by atoms with Crippen LogP contribution in [0, 0.1) is 0 Å². The molecule has 1 aliphatic rings. The van der Waals surface area contributed by atoms with Crippen LogP contribution in [0.3, 0.4) is 0 Å². The molecular weight excluding hydrogens is 1650 g/mol. The number of unbranched alkanes of at least 4 members (excludes halogenated alkanes) is 90. The Balaban J connectivity index is 0.00000226. The van der Waals surface area contributed by atoms with Crippen molar-refractivity contribution in [3.8, 4) is 0 Å². The third kappa shape index (κ3) is 81.2. The summed E-state index contributed by atoms with van der Waals surface area (Å²) < 4.78 is 1.78. The van der Waals surface area contributed by atoms with Gasteiger partial charge in [0.15, 0.2) is 0 Å². The molecule has 0 saturated heterocycles. The summed E-state index contributed by atoms with van der Waals surface area (Å²) in [6, 6.07) is 15.4. The molecule has 0 N–H and O–H groups in total. The van der Waals surface area contributed by atoms with E-state index in [4.69, 9.17) is 0 Å². The van der Waals surface area contributed by atoms with E-state index >= 15 is 0 Å². The Kier molecular flexibility index (Phi) is 99.7. The molecule has 0 radical (unpaired) electrons. The number of aryl methyl sites for hydroxylation is 4. The summed E-state index contributed by atoms with van der Waals surface area (Å²) in [7, 11) is 0. The molecule has 0 unspecified atom stereocenters. The third-order valence-electron chi connectivity index (χ3n) is 30.5. The normalized spacial score (nSPS) is 12.4. The molecule has 1 aliphatic heterocycles. The van der Waals surface area contributed by atoms with E-state index in [1.165, 1.54) is 672 Å². The molecule has 0 amide bonds. The zero-order chi connectivity index (χ0) is 95.3. The van der Waals surface area contributed by atoms with Gasteiger partial charge >= 0.3 is 155 Å². The molecule has 2 nitrogen and oxygen atoms in total. The maximum absolute atomic E-state index is 13.4. The Morgan fingerprint density at radius 1 is 0.150 bits per heavy atom. The van der Waals surface area contributed by atoms with Crippen LogP contribution in [0.5, 0.6) is 0 Å². The number of hydrogen-bond acceptors (Lipinski definition) is 0. The molecule has 133 heavy (non-hydrogen) atoms. The molecule has 3 rings (SSSR count). The van der Waals surface area contributed by atoms with Crippen LogP contribution in [-0.2, 0) is 40.1 Å². The molecule has 3 heteroatoms. The number of benzene rings is 2. The number of hydrogen-bond donors (Lipinski definition) is 0. The Labute approximate surface area is 845 Å². The van der Waals surface area contributed by atoms with E-state index in [2.05, 4.69) is 91.8 Å². The first kappa shape index (κ1) is 127. The van der Waals surface area contributed by atoms with Crippen molar-refractivity contribution in [3.63, 3.8) is 0 Å². The average molecular weight is 1890 g/mol. The van der Waals surface area contributed by atoms with Crippen LogP contribution in [0.2, 0.25) is 10.8 Å². The van der Waals surface area contributed by atoms with Crippen LogP contribution >= 0.6 is 0 Å². The van der Waals surface area contributed by atoms with Crippen molar-refractivity contribution >= 4 is 11.4 Å². The van der Waals surface area contributed by atoms with Gasteiger partial charge in [0.2, 0.25) is 11.4 Å². The van der Waals surface area contributed by atoms with Gasteiger partial charge in [-0.15, -0.1) is 0 Å². The van der Waals surface area contributed by atoms with Gasteiger partial charge in [-0.3, -0.25) is 0 Å². The Morgan fingerprint density at radius 2 is 0.278 bits per heavy atom. The van der Waals surface area contributed by atoms with Crippen molar-refractivity contribution in [3.05, 3.63) is 86.5 Å². The van der Waals surface area contributed by atoms with Crippen LogP contribution in [-0.4, -0.2) is 4.70 Å². The van der Waals surface area contributed by atoms with Gasteiger partial charge in [0.1, 0.15) is 0 Å². The molecule has 0 aromatic heterocycles. The first-order valence-corrected chi connectivity index (χ1v) is 64.0. The predicted molar refractivity (Wildman–Crippen MR) is 602 cm³/mol. The molecule has 0 atom stereocenters. The van der Waals surface area contributed by atoms with Gasteiger partial charge in [0.25, 0.3) is 0 Å². The van der Waals surface area contributed by atoms with E-state index in [1.54, 1.807) is 4.70 Å². The molecular formula is C130H242N2Ni. The number of nitrogens with zero attached hydrogens (tertiary/aromatic N) is 2. The number of rotatable bonds is 108. The maximum atomic E-state index is 13.4. The number of allylic oxidation sites excluding steroid dienone is 2. The first-order valence-electron chi connectivity index (χ1n) is 62.6. The molecule has 0 saturated carbocycles. The molecule has 0 fully saturated rings. The summed E-state index contributed by atoms with van der Waals surface area (Å²) in [5.41, 5.74) is 27.1. The molecule has 2 aromatic rings. The van der Waals surface area contributed by atoms with E-state index in [9.17, 15) is 5.53 Å². The molecule has 1 heterocycles. The monoisotopic (exact) mass is 1890 g/mol. The Hall–Kier alpha value is -1.99. The molecule has 0 aliphatic carbocycles. The molecule has 0 spiro atoms. The van der Waals surface area contributed by atoms with Crippen molar-refractivity contribution in [2.45, 2.75) is 734 Å². The Morgan fingerprint density at radius 3 is 0.421 bits per heavy atom. The van der Waals surface area contributed by atoms with Gasteiger partial charge < -0.3 is 5.53 Å². The first-order chi connectivity index (χ1) is 65.9. The van der Waals surface area contributed by atoms with E-state index in [0.717, 1.165) is 62.8 Å². The van der Waals surface area contributed by atoms with Crippen LogP contribution in [0.15, 0.2) is 47.5 Å². The summed E-state index contributed by atoms with van der Waals surface area (Å²) >= 11 is 2.03. The van der Waals surface area contributed by atoms with Gasteiger partial charge in [0, 0.05) is 22.3 Å². The van der Waals surface area contributed by atoms with Crippen molar-refractivity contribution in [1.29, 1.82) is 0 Å².